The van der Waals surface area contributed by atoms with Crippen molar-refractivity contribution in [3.05, 3.63) is 132 Å². The second-order valence-electron chi connectivity index (χ2n) is 14.0. The van der Waals surface area contributed by atoms with E-state index in [0.29, 0.717) is 11.5 Å². The molecule has 7 aromatic rings. The van der Waals surface area contributed by atoms with Crippen LogP contribution in [0.1, 0.15) is 58.5 Å². The summed E-state index contributed by atoms with van der Waals surface area (Å²) in [6, 6.07) is 40.2. The molecule has 0 fully saturated rings. The summed E-state index contributed by atoms with van der Waals surface area (Å²) in [5, 5.41) is 7.52. The maximum absolute atomic E-state index is 6.49. The topological polar surface area (TPSA) is 44.9 Å². The molecule has 4 aromatic carbocycles. The molecular formula is C41H38N4OPt. The number of aromatic nitrogens is 4. The number of rotatable bonds is 5. The number of hydrogen-bond donors (Lipinski definition) is 0. The van der Waals surface area contributed by atoms with Gasteiger partial charge in [-0.25, -0.2) is 4.98 Å². The Morgan fingerprint density at radius 1 is 0.702 bits per heavy atom. The van der Waals surface area contributed by atoms with E-state index in [4.69, 9.17) is 14.8 Å². The van der Waals surface area contributed by atoms with Gasteiger partial charge in [-0.1, -0.05) is 95.6 Å². The largest absolute Gasteiger partial charge is 2.00 e. The van der Waals surface area contributed by atoms with Gasteiger partial charge >= 0.3 is 21.1 Å². The predicted octanol–water partition coefficient (Wildman–Crippen LogP) is 10.3. The minimum atomic E-state index is -0.192. The van der Waals surface area contributed by atoms with Crippen molar-refractivity contribution in [3.8, 4) is 34.1 Å². The van der Waals surface area contributed by atoms with E-state index in [-0.39, 0.29) is 31.9 Å². The molecule has 7 rings (SSSR count). The third-order valence-electron chi connectivity index (χ3n) is 8.26. The second kappa shape index (κ2) is 12.3. The monoisotopic (exact) mass is 797 g/mol. The Morgan fingerprint density at radius 2 is 1.43 bits per heavy atom. The first-order chi connectivity index (χ1) is 22.0. The molecule has 238 valence electrons. The summed E-state index contributed by atoms with van der Waals surface area (Å²) in [6.45, 7) is 15.5. The fourth-order valence-electron chi connectivity index (χ4n) is 6.24. The molecule has 5 nitrogen and oxygen atoms in total. The molecule has 6 heteroatoms. The zero-order valence-corrected chi connectivity index (χ0v) is 30.1. The van der Waals surface area contributed by atoms with Gasteiger partial charge in [0, 0.05) is 39.6 Å². The van der Waals surface area contributed by atoms with Crippen molar-refractivity contribution in [1.29, 1.82) is 0 Å². The summed E-state index contributed by atoms with van der Waals surface area (Å²) in [5.41, 5.74) is 8.14. The van der Waals surface area contributed by atoms with Crippen LogP contribution in [0.15, 0.2) is 103 Å². The van der Waals surface area contributed by atoms with Crippen LogP contribution in [0.2, 0.25) is 0 Å². The normalized spacial score (nSPS) is 12.0. The van der Waals surface area contributed by atoms with Crippen molar-refractivity contribution in [1.82, 2.24) is 19.3 Å². The first kappa shape index (κ1) is 32.5. The van der Waals surface area contributed by atoms with Gasteiger partial charge in [-0.2, -0.15) is 17.2 Å². The minimum absolute atomic E-state index is 0. The van der Waals surface area contributed by atoms with Crippen LogP contribution < -0.4 is 4.74 Å². The number of ether oxygens (including phenoxy) is 1. The molecule has 0 unspecified atom stereocenters. The Hall–Kier alpha value is -4.47. The average molecular weight is 798 g/mol. The maximum atomic E-state index is 6.49. The zero-order valence-electron chi connectivity index (χ0n) is 27.8. The number of pyridine rings is 1. The molecule has 0 bridgehead atoms. The van der Waals surface area contributed by atoms with E-state index in [0.717, 1.165) is 55.8 Å². The molecule has 0 radical (unpaired) electrons. The van der Waals surface area contributed by atoms with Gasteiger partial charge < -0.3 is 9.30 Å². The van der Waals surface area contributed by atoms with Crippen LogP contribution in [0.5, 0.6) is 11.5 Å². The Bertz CT molecular complexity index is 2220. The summed E-state index contributed by atoms with van der Waals surface area (Å²) in [6.07, 6.45) is 1.85. The molecule has 0 aliphatic heterocycles. The van der Waals surface area contributed by atoms with Gasteiger partial charge in [0.1, 0.15) is 5.82 Å². The van der Waals surface area contributed by atoms with E-state index in [1.807, 2.05) is 36.5 Å². The van der Waals surface area contributed by atoms with Crippen LogP contribution in [0.25, 0.3) is 44.4 Å². The van der Waals surface area contributed by atoms with Crippen molar-refractivity contribution >= 4 is 21.8 Å². The summed E-state index contributed by atoms with van der Waals surface area (Å²) in [7, 11) is 0. The van der Waals surface area contributed by atoms with E-state index in [2.05, 4.69) is 137 Å². The quantitative estimate of drug-likeness (QED) is 0.163. The van der Waals surface area contributed by atoms with Crippen LogP contribution >= 0.6 is 0 Å². The van der Waals surface area contributed by atoms with Crippen LogP contribution in [-0.4, -0.2) is 19.3 Å². The van der Waals surface area contributed by atoms with Crippen LogP contribution in [0, 0.1) is 19.1 Å². The number of para-hydroxylation sites is 1. The van der Waals surface area contributed by atoms with Gasteiger partial charge in [0.05, 0.1) is 11.4 Å². The van der Waals surface area contributed by atoms with Gasteiger partial charge in [0.25, 0.3) is 0 Å². The Kier molecular flexibility index (Phi) is 8.48. The molecule has 0 saturated heterocycles. The van der Waals surface area contributed by atoms with Gasteiger partial charge in [-0.3, -0.25) is 4.68 Å². The number of nitrogens with zero attached hydrogens (tertiary/aromatic N) is 4. The molecule has 0 N–H and O–H groups in total. The molecule has 0 aliphatic carbocycles. The van der Waals surface area contributed by atoms with E-state index in [9.17, 15) is 0 Å². The van der Waals surface area contributed by atoms with Gasteiger partial charge in [-0.15, -0.1) is 35.7 Å². The molecule has 47 heavy (non-hydrogen) atoms. The Labute approximate surface area is 291 Å². The Morgan fingerprint density at radius 3 is 2.15 bits per heavy atom. The fourth-order valence-corrected chi connectivity index (χ4v) is 6.24. The van der Waals surface area contributed by atoms with Crippen molar-refractivity contribution in [2.75, 3.05) is 0 Å². The smallest absolute Gasteiger partial charge is 0.509 e. The van der Waals surface area contributed by atoms with Gasteiger partial charge in [0.2, 0.25) is 0 Å². The first-order valence-corrected chi connectivity index (χ1v) is 15.8. The standard InChI is InChI=1S/C41H38N4O.Pt/c1-27-22-23-42-36(24-27)44-34-19-12-11-18-32(34)33-21-20-31(26-35(33)44)46-30-17-13-16-29(25-30)45-39(41(5,6)7)37(28-14-9-8-10-15-28)38(43-45)40(2,3)4;/h8-24H,1-7H3;/q-2;+2. The molecular weight excluding hydrogens is 760 g/mol. The SMILES string of the molecule is Cc1ccnc(-n2c3[c-]c(Oc4[c-]c(-n5nc(C(C)(C)C)c(-c6ccccc6)c5C(C)(C)C)ccc4)ccc3c3ccccc32)c1.[Pt+2]. The molecule has 0 spiro atoms. The third kappa shape index (κ3) is 6.05. The summed E-state index contributed by atoms with van der Waals surface area (Å²) in [5.74, 6) is 2.05. The summed E-state index contributed by atoms with van der Waals surface area (Å²) < 4.78 is 10.7. The number of aryl methyl sites for hydroxylation is 1. The van der Waals surface area contributed by atoms with Gasteiger partial charge in [-0.05, 0) is 47.3 Å². The molecule has 0 saturated carbocycles. The van der Waals surface area contributed by atoms with Crippen molar-refractivity contribution in [2.45, 2.75) is 59.3 Å². The third-order valence-corrected chi connectivity index (χ3v) is 8.26. The maximum Gasteiger partial charge on any atom is 2.00 e. The van der Waals surface area contributed by atoms with Crippen LogP contribution in [0.3, 0.4) is 0 Å². The second-order valence-corrected chi connectivity index (χ2v) is 14.0. The van der Waals surface area contributed by atoms with Crippen molar-refractivity contribution < 1.29 is 25.8 Å². The first-order valence-electron chi connectivity index (χ1n) is 15.8. The zero-order chi connectivity index (χ0) is 32.2. The van der Waals surface area contributed by atoms with Crippen LogP contribution in [0.4, 0.5) is 0 Å². The molecule has 0 aliphatic rings. The predicted molar refractivity (Wildman–Crippen MR) is 187 cm³/mol. The van der Waals surface area contributed by atoms with Crippen LogP contribution in [-0.2, 0) is 31.9 Å². The average Bonchev–Trinajstić information content (AvgIpc) is 3.59. The summed E-state index contributed by atoms with van der Waals surface area (Å²) in [4.78, 5) is 4.70. The number of hydrogen-bond acceptors (Lipinski definition) is 3. The molecule has 3 aromatic heterocycles. The minimum Gasteiger partial charge on any atom is -0.509 e. The Balaban J connectivity index is 0.00000386. The molecule has 3 heterocycles. The van der Waals surface area contributed by atoms with E-state index >= 15 is 0 Å². The number of benzene rings is 4. The van der Waals surface area contributed by atoms with E-state index in [1.54, 1.807) is 0 Å². The van der Waals surface area contributed by atoms with Crippen molar-refractivity contribution in [3.63, 3.8) is 0 Å². The van der Waals surface area contributed by atoms with Crippen molar-refractivity contribution in [2.24, 2.45) is 0 Å². The molecule has 0 amide bonds. The summed E-state index contributed by atoms with van der Waals surface area (Å²) >= 11 is 0. The fraction of sp³-hybridized carbons (Fsp3) is 0.220. The van der Waals surface area contributed by atoms with E-state index in [1.165, 1.54) is 5.56 Å². The number of fused-ring (bicyclic) bond motifs is 3. The molecule has 0 atom stereocenters. The van der Waals surface area contributed by atoms with E-state index < -0.39 is 0 Å². The van der Waals surface area contributed by atoms with Gasteiger partial charge in [0.15, 0.2) is 0 Å².